The Morgan fingerprint density at radius 1 is 1.06 bits per heavy atom. The Labute approximate surface area is 206 Å². The number of aromatic nitrogens is 1. The minimum Gasteiger partial charge on any atom is -0.494 e. The maximum atomic E-state index is 13.8. The Hall–Kier alpha value is -3.77. The van der Waals surface area contributed by atoms with E-state index in [0.29, 0.717) is 15.9 Å². The minimum atomic E-state index is -0.308. The molecular weight excluding hydrogens is 459 g/mol. The Morgan fingerprint density at radius 3 is 2.60 bits per heavy atom. The van der Waals surface area contributed by atoms with Gasteiger partial charge < -0.3 is 4.74 Å². The van der Waals surface area contributed by atoms with Gasteiger partial charge in [0.25, 0.3) is 5.56 Å². The van der Waals surface area contributed by atoms with Crippen molar-refractivity contribution in [3.63, 3.8) is 0 Å². The molecule has 0 N–H and O–H groups in total. The van der Waals surface area contributed by atoms with Gasteiger partial charge in [0.05, 0.1) is 22.9 Å². The highest BCUT2D eigenvalue weighted by Gasteiger charge is 2.32. The summed E-state index contributed by atoms with van der Waals surface area (Å²) in [5.74, 6) is 0.508. The summed E-state index contributed by atoms with van der Waals surface area (Å²) in [5.41, 5.74) is 6.16. The molecule has 0 saturated heterocycles. The molecule has 6 heteroatoms. The summed E-state index contributed by atoms with van der Waals surface area (Å²) in [5, 5.41) is 0. The molecule has 2 heterocycles. The number of nitrogens with zero attached hydrogens (tertiary/aromatic N) is 2. The van der Waals surface area contributed by atoms with Crippen molar-refractivity contribution in [2.75, 3.05) is 6.61 Å². The first-order valence-electron chi connectivity index (χ1n) is 11.7. The summed E-state index contributed by atoms with van der Waals surface area (Å²) in [6.45, 7) is 2.55. The Morgan fingerprint density at radius 2 is 1.83 bits per heavy atom. The molecule has 4 aromatic rings. The zero-order chi connectivity index (χ0) is 23.9. The van der Waals surface area contributed by atoms with Gasteiger partial charge in [0.2, 0.25) is 0 Å². The predicted octanol–water partition coefficient (Wildman–Crippen LogP) is 4.86. The standard InChI is InChI=1S/C29H23FN2O2S/c1-2-34-22-14-7-18(8-15-22)17-25-28(33)32-27(20-9-12-21(30)13-10-20)24-16-11-19-5-3-4-6-23(19)26(24)31-29(32)35-25/h3-10,12-15,17,27H,2,11,16H2,1H3. The topological polar surface area (TPSA) is 43.6 Å². The zero-order valence-electron chi connectivity index (χ0n) is 19.2. The van der Waals surface area contributed by atoms with Gasteiger partial charge in [-0.1, -0.05) is 59.9 Å². The molecule has 4 nitrogen and oxygen atoms in total. The molecule has 6 rings (SSSR count). The number of aryl methyl sites for hydroxylation is 1. The first kappa shape index (κ1) is 21.7. The minimum absolute atomic E-state index is 0.0811. The molecule has 0 bridgehead atoms. The number of rotatable bonds is 4. The van der Waals surface area contributed by atoms with Crippen molar-refractivity contribution in [3.8, 4) is 5.75 Å². The quantitative estimate of drug-likeness (QED) is 0.417. The summed E-state index contributed by atoms with van der Waals surface area (Å²) < 4.78 is 21.7. The van der Waals surface area contributed by atoms with Gasteiger partial charge in [0.15, 0.2) is 4.80 Å². The van der Waals surface area contributed by atoms with Crippen LogP contribution in [-0.4, -0.2) is 11.2 Å². The van der Waals surface area contributed by atoms with Gasteiger partial charge in [-0.2, -0.15) is 0 Å². The molecule has 0 spiro atoms. The smallest absolute Gasteiger partial charge is 0.271 e. The number of allylic oxidation sites excluding steroid dienone is 1. The van der Waals surface area contributed by atoms with E-state index >= 15 is 0 Å². The molecule has 35 heavy (non-hydrogen) atoms. The van der Waals surface area contributed by atoms with E-state index in [-0.39, 0.29) is 17.4 Å². The average Bonchev–Trinajstić information content (AvgIpc) is 3.19. The van der Waals surface area contributed by atoms with Crippen LogP contribution in [0, 0.1) is 5.82 Å². The van der Waals surface area contributed by atoms with Gasteiger partial charge in [-0.25, -0.2) is 9.38 Å². The van der Waals surface area contributed by atoms with E-state index < -0.39 is 0 Å². The van der Waals surface area contributed by atoms with Crippen LogP contribution in [0.3, 0.4) is 0 Å². The lowest BCUT2D eigenvalue weighted by molar-refractivity contribution is 0.340. The molecule has 1 atom stereocenters. The molecule has 0 saturated carbocycles. The SMILES string of the molecule is CCOc1ccc(C=c2sc3n(c2=O)C(c2ccc(F)cc2)C2=C(N=3)c3ccccc3CC2)cc1. The molecule has 0 radical (unpaired) electrons. The molecular formula is C29H23FN2O2S. The largest absolute Gasteiger partial charge is 0.494 e. The maximum Gasteiger partial charge on any atom is 0.271 e. The van der Waals surface area contributed by atoms with E-state index in [4.69, 9.17) is 9.73 Å². The van der Waals surface area contributed by atoms with E-state index in [1.165, 1.54) is 29.0 Å². The lowest BCUT2D eigenvalue weighted by atomic mass is 9.83. The van der Waals surface area contributed by atoms with Gasteiger partial charge in [-0.05, 0) is 72.4 Å². The molecule has 2 aliphatic rings. The second kappa shape index (κ2) is 8.78. The number of fused-ring (bicyclic) bond motifs is 3. The number of ether oxygens (including phenoxy) is 1. The normalized spacial score (nSPS) is 16.9. The van der Waals surface area contributed by atoms with Crippen LogP contribution in [-0.2, 0) is 6.42 Å². The van der Waals surface area contributed by atoms with E-state index in [1.807, 2.05) is 43.3 Å². The Kier molecular flexibility index (Phi) is 5.46. The molecule has 1 aliphatic carbocycles. The fourth-order valence-corrected chi connectivity index (χ4v) is 5.95. The maximum absolute atomic E-state index is 13.8. The summed E-state index contributed by atoms with van der Waals surface area (Å²) in [7, 11) is 0. The lowest BCUT2D eigenvalue weighted by Gasteiger charge is -2.30. The van der Waals surface area contributed by atoms with Crippen molar-refractivity contribution in [2.45, 2.75) is 25.8 Å². The van der Waals surface area contributed by atoms with Gasteiger partial charge >= 0.3 is 0 Å². The predicted molar refractivity (Wildman–Crippen MR) is 137 cm³/mol. The van der Waals surface area contributed by atoms with Crippen LogP contribution >= 0.6 is 11.3 Å². The van der Waals surface area contributed by atoms with Crippen LogP contribution < -0.4 is 19.6 Å². The highest BCUT2D eigenvalue weighted by atomic mass is 32.1. The molecule has 0 amide bonds. The van der Waals surface area contributed by atoms with Crippen molar-refractivity contribution < 1.29 is 9.13 Å². The van der Waals surface area contributed by atoms with Crippen LogP contribution in [0.2, 0.25) is 0 Å². The van der Waals surface area contributed by atoms with Crippen LogP contribution in [0.4, 0.5) is 4.39 Å². The van der Waals surface area contributed by atoms with Gasteiger partial charge in [0.1, 0.15) is 11.6 Å². The summed E-state index contributed by atoms with van der Waals surface area (Å²) in [6.07, 6.45) is 3.59. The first-order valence-corrected chi connectivity index (χ1v) is 12.6. The van der Waals surface area contributed by atoms with E-state index in [1.54, 1.807) is 16.7 Å². The number of halogens is 1. The average molecular weight is 483 g/mol. The van der Waals surface area contributed by atoms with E-state index in [9.17, 15) is 9.18 Å². The lowest BCUT2D eigenvalue weighted by Crippen LogP contribution is -2.38. The van der Waals surface area contributed by atoms with Crippen molar-refractivity contribution in [1.29, 1.82) is 0 Å². The number of thiazole rings is 1. The molecule has 1 aromatic heterocycles. The van der Waals surface area contributed by atoms with E-state index in [0.717, 1.165) is 46.6 Å². The van der Waals surface area contributed by atoms with Crippen LogP contribution in [0.1, 0.15) is 41.6 Å². The summed E-state index contributed by atoms with van der Waals surface area (Å²) in [6, 6.07) is 22.2. The summed E-state index contributed by atoms with van der Waals surface area (Å²) in [4.78, 5) is 19.4. The van der Waals surface area contributed by atoms with Crippen LogP contribution in [0.15, 0.2) is 88.2 Å². The third kappa shape index (κ3) is 3.84. The molecule has 1 aliphatic heterocycles. The van der Waals surface area contributed by atoms with Gasteiger partial charge in [-0.3, -0.25) is 9.36 Å². The third-order valence-electron chi connectivity index (χ3n) is 6.55. The number of hydrogen-bond acceptors (Lipinski definition) is 4. The molecule has 3 aromatic carbocycles. The van der Waals surface area contributed by atoms with E-state index in [2.05, 4.69) is 18.2 Å². The fraction of sp³-hybridized carbons (Fsp3) is 0.172. The molecule has 0 fully saturated rings. The second-order valence-corrected chi connectivity index (χ2v) is 9.68. The zero-order valence-corrected chi connectivity index (χ0v) is 20.0. The number of benzene rings is 3. The van der Waals surface area contributed by atoms with Gasteiger partial charge in [-0.15, -0.1) is 0 Å². The highest BCUT2D eigenvalue weighted by Crippen LogP contribution is 2.41. The third-order valence-corrected chi connectivity index (χ3v) is 7.53. The monoisotopic (exact) mass is 482 g/mol. The van der Waals surface area contributed by atoms with Crippen molar-refractivity contribution >= 4 is 23.1 Å². The van der Waals surface area contributed by atoms with Gasteiger partial charge in [0, 0.05) is 5.56 Å². The van der Waals surface area contributed by atoms with Crippen LogP contribution in [0.25, 0.3) is 11.8 Å². The second-order valence-electron chi connectivity index (χ2n) is 8.67. The number of hydrogen-bond donors (Lipinski definition) is 0. The fourth-order valence-electron chi connectivity index (χ4n) is 4.95. The Balaban J connectivity index is 1.55. The highest BCUT2D eigenvalue weighted by molar-refractivity contribution is 7.07. The first-order chi connectivity index (χ1) is 17.1. The van der Waals surface area contributed by atoms with Crippen molar-refractivity contribution in [1.82, 2.24) is 4.57 Å². The summed E-state index contributed by atoms with van der Waals surface area (Å²) >= 11 is 1.39. The Bertz CT molecular complexity index is 1630. The van der Waals surface area contributed by atoms with Crippen LogP contribution in [0.5, 0.6) is 5.75 Å². The van der Waals surface area contributed by atoms with Crippen molar-refractivity contribution in [3.05, 3.63) is 126 Å². The van der Waals surface area contributed by atoms with Crippen molar-refractivity contribution in [2.24, 2.45) is 4.99 Å². The molecule has 1 unspecified atom stereocenters. The molecule has 174 valence electrons.